The maximum atomic E-state index is 5.58. The number of nitrogens with two attached hydrogens (primary N) is 1. The van der Waals surface area contributed by atoms with E-state index in [9.17, 15) is 0 Å². The zero-order chi connectivity index (χ0) is 8.53. The second kappa shape index (κ2) is 7.94. The Bertz CT molecular complexity index is 80.1. The molecule has 4 heteroatoms. The van der Waals surface area contributed by atoms with Crippen LogP contribution in [-0.4, -0.2) is 46.7 Å². The molecule has 0 amide bonds. The zero-order valence-electron chi connectivity index (χ0n) is 7.21. The Morgan fingerprint density at radius 1 is 1.09 bits per heavy atom. The fraction of sp³-hybridized carbons (Fsp3) is 1.00. The summed E-state index contributed by atoms with van der Waals surface area (Å²) in [5.74, 6) is 0. The zero-order valence-corrected chi connectivity index (χ0v) is 7.21. The van der Waals surface area contributed by atoms with Crippen LogP contribution in [-0.2, 0) is 14.2 Å². The largest absolute Gasteiger partial charge is 0.383 e. The van der Waals surface area contributed by atoms with E-state index in [-0.39, 0.29) is 6.04 Å². The Kier molecular flexibility index (Phi) is 7.83. The van der Waals surface area contributed by atoms with Crippen LogP contribution in [0.5, 0.6) is 0 Å². The Morgan fingerprint density at radius 3 is 2.36 bits per heavy atom. The lowest BCUT2D eigenvalue weighted by Gasteiger charge is -2.10. The third-order valence-corrected chi connectivity index (χ3v) is 1.14. The summed E-state index contributed by atoms with van der Waals surface area (Å²) in [5, 5.41) is 0. The van der Waals surface area contributed by atoms with Crippen molar-refractivity contribution in [2.75, 3.05) is 40.6 Å². The number of hydrogen-bond acceptors (Lipinski definition) is 4. The van der Waals surface area contributed by atoms with Gasteiger partial charge in [-0.25, -0.2) is 0 Å². The Hall–Kier alpha value is -0.160. The summed E-state index contributed by atoms with van der Waals surface area (Å²) in [6.45, 7) is 2.26. The molecule has 0 saturated carbocycles. The van der Waals surface area contributed by atoms with Crippen molar-refractivity contribution in [3.05, 3.63) is 0 Å². The van der Waals surface area contributed by atoms with E-state index in [1.54, 1.807) is 14.2 Å². The van der Waals surface area contributed by atoms with Gasteiger partial charge in [0.15, 0.2) is 0 Å². The van der Waals surface area contributed by atoms with Crippen LogP contribution in [0.1, 0.15) is 0 Å². The molecular weight excluding hydrogens is 146 g/mol. The molecule has 0 aromatic heterocycles. The maximum Gasteiger partial charge on any atom is 0.0701 e. The Morgan fingerprint density at radius 2 is 1.82 bits per heavy atom. The summed E-state index contributed by atoms with van der Waals surface area (Å²) >= 11 is 0. The molecule has 0 rings (SSSR count). The molecule has 0 heterocycles. The molecular formula is C7H17NO3. The van der Waals surface area contributed by atoms with E-state index in [0.717, 1.165) is 0 Å². The van der Waals surface area contributed by atoms with Gasteiger partial charge in [-0.2, -0.15) is 0 Å². The van der Waals surface area contributed by atoms with Crippen LogP contribution < -0.4 is 5.73 Å². The smallest absolute Gasteiger partial charge is 0.0701 e. The van der Waals surface area contributed by atoms with Crippen molar-refractivity contribution in [1.29, 1.82) is 0 Å². The average molecular weight is 163 g/mol. The van der Waals surface area contributed by atoms with Gasteiger partial charge in [0.1, 0.15) is 0 Å². The van der Waals surface area contributed by atoms with Crippen molar-refractivity contribution in [2.24, 2.45) is 5.73 Å². The first-order chi connectivity index (χ1) is 5.31. The predicted molar refractivity (Wildman–Crippen MR) is 42.5 cm³/mol. The first kappa shape index (κ1) is 10.8. The minimum atomic E-state index is -0.0307. The minimum Gasteiger partial charge on any atom is -0.383 e. The second-order valence-corrected chi connectivity index (χ2v) is 2.28. The molecule has 0 radical (unpaired) electrons. The van der Waals surface area contributed by atoms with Crippen molar-refractivity contribution < 1.29 is 14.2 Å². The standard InChI is InChI=1S/C7H17NO3/c1-9-3-4-11-6-7(8)5-10-2/h7H,3-6,8H2,1-2H3. The molecule has 68 valence electrons. The predicted octanol–water partition coefficient (Wildman–Crippen LogP) is -0.377. The molecule has 0 saturated heterocycles. The van der Waals surface area contributed by atoms with Crippen molar-refractivity contribution in [3.63, 3.8) is 0 Å². The third-order valence-electron chi connectivity index (χ3n) is 1.14. The fourth-order valence-electron chi connectivity index (χ4n) is 0.639. The number of ether oxygens (including phenoxy) is 3. The van der Waals surface area contributed by atoms with Crippen LogP contribution in [0, 0.1) is 0 Å². The molecule has 2 N–H and O–H groups in total. The molecule has 0 fully saturated rings. The van der Waals surface area contributed by atoms with Crippen molar-refractivity contribution in [1.82, 2.24) is 0 Å². The van der Waals surface area contributed by atoms with Crippen molar-refractivity contribution >= 4 is 0 Å². The highest BCUT2D eigenvalue weighted by molar-refractivity contribution is 4.56. The van der Waals surface area contributed by atoms with Gasteiger partial charge >= 0.3 is 0 Å². The number of hydrogen-bond donors (Lipinski definition) is 1. The first-order valence-electron chi connectivity index (χ1n) is 3.62. The number of rotatable bonds is 7. The van der Waals surface area contributed by atoms with E-state index < -0.39 is 0 Å². The highest BCUT2D eigenvalue weighted by Crippen LogP contribution is 1.82. The summed E-state index contributed by atoms with van der Waals surface area (Å²) in [6.07, 6.45) is 0. The average Bonchev–Trinajstić information content (AvgIpc) is 1.99. The van der Waals surface area contributed by atoms with Gasteiger partial charge in [0.05, 0.1) is 32.5 Å². The third kappa shape index (κ3) is 7.74. The topological polar surface area (TPSA) is 53.7 Å². The van der Waals surface area contributed by atoms with Crippen LogP contribution in [0.2, 0.25) is 0 Å². The van der Waals surface area contributed by atoms with Crippen LogP contribution in [0.4, 0.5) is 0 Å². The van der Waals surface area contributed by atoms with Crippen molar-refractivity contribution in [2.45, 2.75) is 6.04 Å². The van der Waals surface area contributed by atoms with Crippen LogP contribution in [0.3, 0.4) is 0 Å². The van der Waals surface area contributed by atoms with Gasteiger partial charge in [0, 0.05) is 14.2 Å². The molecule has 4 nitrogen and oxygen atoms in total. The molecule has 11 heavy (non-hydrogen) atoms. The van der Waals surface area contributed by atoms with Gasteiger partial charge in [0.25, 0.3) is 0 Å². The quantitative estimate of drug-likeness (QED) is 0.520. The summed E-state index contributed by atoms with van der Waals surface area (Å²) in [5.41, 5.74) is 5.58. The SMILES string of the molecule is COCCOCC(N)COC. The normalized spacial score (nSPS) is 13.4. The van der Waals surface area contributed by atoms with Gasteiger partial charge in [-0.1, -0.05) is 0 Å². The van der Waals surface area contributed by atoms with E-state index in [1.165, 1.54) is 0 Å². The van der Waals surface area contributed by atoms with Gasteiger partial charge < -0.3 is 19.9 Å². The second-order valence-electron chi connectivity index (χ2n) is 2.28. The van der Waals surface area contributed by atoms with Crippen LogP contribution >= 0.6 is 0 Å². The Balaban J connectivity index is 2.97. The number of methoxy groups -OCH3 is 2. The summed E-state index contributed by atoms with van der Waals surface area (Å²) in [7, 11) is 3.26. The minimum absolute atomic E-state index is 0.0307. The molecule has 0 aliphatic carbocycles. The van der Waals surface area contributed by atoms with Crippen LogP contribution in [0.25, 0.3) is 0 Å². The van der Waals surface area contributed by atoms with Gasteiger partial charge in [-0.3, -0.25) is 0 Å². The molecule has 0 aliphatic heterocycles. The molecule has 0 aromatic rings. The lowest BCUT2D eigenvalue weighted by molar-refractivity contribution is 0.0494. The summed E-state index contributed by atoms with van der Waals surface area (Å²) < 4.78 is 14.8. The summed E-state index contributed by atoms with van der Waals surface area (Å²) in [4.78, 5) is 0. The van der Waals surface area contributed by atoms with E-state index >= 15 is 0 Å². The molecule has 1 unspecified atom stereocenters. The maximum absolute atomic E-state index is 5.58. The highest BCUT2D eigenvalue weighted by atomic mass is 16.5. The molecule has 0 aliphatic rings. The van der Waals surface area contributed by atoms with E-state index in [1.807, 2.05) is 0 Å². The Labute approximate surface area is 67.6 Å². The molecule has 0 bridgehead atoms. The van der Waals surface area contributed by atoms with Gasteiger partial charge in [-0.05, 0) is 0 Å². The van der Waals surface area contributed by atoms with E-state index in [4.69, 9.17) is 19.9 Å². The monoisotopic (exact) mass is 163 g/mol. The van der Waals surface area contributed by atoms with Gasteiger partial charge in [0.2, 0.25) is 0 Å². The molecule has 1 atom stereocenters. The molecule has 0 spiro atoms. The molecule has 0 aromatic carbocycles. The first-order valence-corrected chi connectivity index (χ1v) is 3.62. The lowest BCUT2D eigenvalue weighted by Crippen LogP contribution is -2.31. The fourth-order valence-corrected chi connectivity index (χ4v) is 0.639. The highest BCUT2D eigenvalue weighted by Gasteiger charge is 1.99. The summed E-state index contributed by atoms with van der Waals surface area (Å²) in [6, 6.07) is -0.0307. The van der Waals surface area contributed by atoms with E-state index in [0.29, 0.717) is 26.4 Å². The van der Waals surface area contributed by atoms with Crippen molar-refractivity contribution in [3.8, 4) is 0 Å². The van der Waals surface area contributed by atoms with Crippen LogP contribution in [0.15, 0.2) is 0 Å². The lowest BCUT2D eigenvalue weighted by atomic mass is 10.4. The van der Waals surface area contributed by atoms with E-state index in [2.05, 4.69) is 0 Å². The van der Waals surface area contributed by atoms with Gasteiger partial charge in [-0.15, -0.1) is 0 Å².